The van der Waals surface area contributed by atoms with Crippen LogP contribution in [0, 0.1) is 10.1 Å². The number of carbonyl (C=O) groups is 1. The first-order valence-electron chi connectivity index (χ1n) is 6.10. The predicted molar refractivity (Wildman–Crippen MR) is 79.1 cm³/mol. The molecule has 0 spiro atoms. The Kier molecular flexibility index (Phi) is 6.82. The molecule has 0 heterocycles. The third kappa shape index (κ3) is 4.99. The minimum absolute atomic E-state index is 0.0207. The van der Waals surface area contributed by atoms with E-state index in [1.807, 2.05) is 0 Å². The van der Waals surface area contributed by atoms with Gasteiger partial charge in [0.1, 0.15) is 11.3 Å². The molecule has 1 aromatic carbocycles. The Hall–Kier alpha value is -1.61. The minimum atomic E-state index is -3.54. The molecule has 1 N–H and O–H groups in total. The molecule has 0 aliphatic rings. The molecule has 1 rings (SSSR count). The van der Waals surface area contributed by atoms with Gasteiger partial charge in [0, 0.05) is 12.1 Å². The van der Waals surface area contributed by atoms with Crippen LogP contribution in [0.2, 0.25) is 0 Å². The first-order chi connectivity index (χ1) is 10.3. The van der Waals surface area contributed by atoms with Crippen LogP contribution in [-0.4, -0.2) is 29.2 Å². The summed E-state index contributed by atoms with van der Waals surface area (Å²) in [4.78, 5) is 20.9. The van der Waals surface area contributed by atoms with Crippen molar-refractivity contribution in [3.63, 3.8) is 0 Å². The Morgan fingerprint density at radius 1 is 1.36 bits per heavy atom. The van der Waals surface area contributed by atoms with Gasteiger partial charge >= 0.3 is 12.8 Å². The average molecular weight is 351 g/mol. The van der Waals surface area contributed by atoms with Crippen molar-refractivity contribution in [2.75, 3.05) is 13.2 Å². The summed E-state index contributed by atoms with van der Waals surface area (Å²) < 4.78 is 27.2. The van der Waals surface area contributed by atoms with Crippen LogP contribution in [0.3, 0.4) is 0 Å². The van der Waals surface area contributed by atoms with Crippen molar-refractivity contribution < 1.29 is 32.6 Å². The van der Waals surface area contributed by atoms with Gasteiger partial charge in [-0.2, -0.15) is 0 Å². The van der Waals surface area contributed by atoms with Crippen molar-refractivity contribution in [3.05, 3.63) is 33.9 Å². The van der Waals surface area contributed by atoms with Crippen molar-refractivity contribution in [1.29, 1.82) is 0 Å². The highest BCUT2D eigenvalue weighted by molar-refractivity contribution is 8.52. The van der Waals surface area contributed by atoms with Crippen LogP contribution in [0.5, 0.6) is 5.75 Å². The highest BCUT2D eigenvalue weighted by Crippen LogP contribution is 2.60. The number of nitro benzene ring substituents is 1. The lowest BCUT2D eigenvalue weighted by molar-refractivity contribution is -0.385. The van der Waals surface area contributed by atoms with Crippen LogP contribution in [-0.2, 0) is 13.6 Å². The molecule has 0 unspecified atom stereocenters. The van der Waals surface area contributed by atoms with Gasteiger partial charge in [-0.1, -0.05) is 0 Å². The predicted octanol–water partition coefficient (Wildman–Crippen LogP) is 3.50. The number of nitro groups is 1. The molecule has 0 fully saturated rings. The zero-order valence-electron chi connectivity index (χ0n) is 11.8. The first kappa shape index (κ1) is 18.4. The summed E-state index contributed by atoms with van der Waals surface area (Å²) >= 11 is 0.409. The molecule has 0 bridgehead atoms. The molecule has 22 heavy (non-hydrogen) atoms. The summed E-state index contributed by atoms with van der Waals surface area (Å²) in [6.45, 7) is -0.0237. The fourth-order valence-corrected chi connectivity index (χ4v) is 3.88. The van der Waals surface area contributed by atoms with Gasteiger partial charge in [-0.25, -0.2) is 9.36 Å². The quantitative estimate of drug-likeness (QED) is 0.308. The van der Waals surface area contributed by atoms with E-state index in [4.69, 9.17) is 18.3 Å². The van der Waals surface area contributed by atoms with Gasteiger partial charge < -0.3 is 9.29 Å². The number of carboxylic acid groups (broad SMARTS) is 1. The molecule has 9 nitrogen and oxygen atoms in total. The maximum absolute atomic E-state index is 12.1. The van der Waals surface area contributed by atoms with Gasteiger partial charge in [0.2, 0.25) is 0 Å². The zero-order chi connectivity index (χ0) is 16.8. The normalized spacial score (nSPS) is 11.2. The Bertz CT molecular complexity index is 598. The largest absolute Gasteiger partial charge is 0.477 e. The molecular formula is C11H14NO8PS. The summed E-state index contributed by atoms with van der Waals surface area (Å²) in [5.41, 5.74) is -1.10. The van der Waals surface area contributed by atoms with E-state index < -0.39 is 28.9 Å². The van der Waals surface area contributed by atoms with E-state index in [1.165, 1.54) is 6.07 Å². The lowest BCUT2D eigenvalue weighted by atomic mass is 10.2. The Labute approximate surface area is 130 Å². The Morgan fingerprint density at radius 3 is 2.41 bits per heavy atom. The van der Waals surface area contributed by atoms with E-state index in [0.29, 0.717) is 11.7 Å². The molecule has 0 radical (unpaired) electrons. The van der Waals surface area contributed by atoms with Gasteiger partial charge in [-0.3, -0.25) is 19.2 Å². The van der Waals surface area contributed by atoms with E-state index in [-0.39, 0.29) is 19.0 Å². The van der Waals surface area contributed by atoms with E-state index in [1.54, 1.807) is 13.8 Å². The van der Waals surface area contributed by atoms with Crippen LogP contribution >= 0.6 is 18.5 Å². The van der Waals surface area contributed by atoms with Gasteiger partial charge in [0.15, 0.2) is 11.7 Å². The van der Waals surface area contributed by atoms with Gasteiger partial charge in [-0.05, 0) is 19.9 Å². The van der Waals surface area contributed by atoms with Crippen LogP contribution in [0.1, 0.15) is 24.2 Å². The van der Waals surface area contributed by atoms with Gasteiger partial charge in [0.25, 0.3) is 5.69 Å². The number of aromatic carboxylic acids is 1. The van der Waals surface area contributed by atoms with Gasteiger partial charge in [0.05, 0.1) is 18.1 Å². The van der Waals surface area contributed by atoms with Crippen molar-refractivity contribution in [2.45, 2.75) is 13.8 Å². The lowest BCUT2D eigenvalue weighted by Gasteiger charge is -2.15. The van der Waals surface area contributed by atoms with Crippen LogP contribution in [0.15, 0.2) is 18.2 Å². The fraction of sp³-hybridized carbons (Fsp3) is 0.364. The zero-order valence-corrected chi connectivity index (χ0v) is 13.5. The molecule has 0 aromatic heterocycles. The third-order valence-corrected chi connectivity index (χ3v) is 5.20. The van der Waals surface area contributed by atoms with Crippen LogP contribution in [0.4, 0.5) is 5.69 Å². The lowest BCUT2D eigenvalue weighted by Crippen LogP contribution is -2.03. The molecule has 0 saturated heterocycles. The molecule has 0 aliphatic heterocycles. The van der Waals surface area contributed by atoms with E-state index in [0.717, 1.165) is 12.1 Å². The molecule has 0 saturated carbocycles. The number of carboxylic acids is 1. The Balaban J connectivity index is 2.95. The molecule has 0 atom stereocenters. The number of hydrogen-bond donors (Lipinski definition) is 1. The summed E-state index contributed by atoms with van der Waals surface area (Å²) in [5.74, 6) is -1.49. The van der Waals surface area contributed by atoms with E-state index in [2.05, 4.69) is 0 Å². The third-order valence-electron chi connectivity index (χ3n) is 2.19. The summed E-state index contributed by atoms with van der Waals surface area (Å²) in [7, 11) is 0. The standard InChI is InChI=1S/C11H14NO8PS/c1-3-18-21(17,19-4-2)22-20-8-5-6-10(12(15)16)9(7-8)11(13)14/h5-7H,3-4H2,1-2H3,(H,13,14). The molecule has 122 valence electrons. The number of nitrogens with zero attached hydrogens (tertiary/aromatic N) is 1. The van der Waals surface area contributed by atoms with E-state index in [9.17, 15) is 19.5 Å². The Morgan fingerprint density at radius 2 is 1.95 bits per heavy atom. The van der Waals surface area contributed by atoms with Crippen molar-refractivity contribution in [2.24, 2.45) is 0 Å². The smallest absolute Gasteiger partial charge is 0.427 e. The highest BCUT2D eigenvalue weighted by atomic mass is 32.7. The SMILES string of the molecule is CCOP(=O)(OCC)SOc1ccc([N+](=O)[O-])c(C(=O)O)c1. The second kappa shape index (κ2) is 8.14. The first-order valence-corrected chi connectivity index (χ1v) is 8.99. The second-order valence-corrected chi connectivity index (χ2v) is 7.20. The van der Waals surface area contributed by atoms with E-state index >= 15 is 0 Å². The highest BCUT2D eigenvalue weighted by Gasteiger charge is 2.28. The average Bonchev–Trinajstić information content (AvgIpc) is 2.45. The molecule has 0 aliphatic carbocycles. The van der Waals surface area contributed by atoms with Crippen molar-refractivity contribution in [1.82, 2.24) is 0 Å². The van der Waals surface area contributed by atoms with Crippen molar-refractivity contribution >= 4 is 30.1 Å². The van der Waals surface area contributed by atoms with Crippen LogP contribution < -0.4 is 4.18 Å². The minimum Gasteiger partial charge on any atom is -0.477 e. The van der Waals surface area contributed by atoms with Crippen LogP contribution in [0.25, 0.3) is 0 Å². The molecule has 0 amide bonds. The summed E-state index contributed by atoms with van der Waals surface area (Å²) in [6.07, 6.45) is 0. The number of rotatable bonds is 9. The second-order valence-electron chi connectivity index (χ2n) is 3.68. The maximum Gasteiger partial charge on any atom is 0.427 e. The molecule has 11 heteroatoms. The summed E-state index contributed by atoms with van der Waals surface area (Å²) in [5, 5.41) is 19.7. The monoisotopic (exact) mass is 351 g/mol. The molecule has 1 aromatic rings. The van der Waals surface area contributed by atoms with Gasteiger partial charge in [-0.15, -0.1) is 0 Å². The topological polar surface area (TPSA) is 125 Å². The number of benzene rings is 1. The summed E-state index contributed by atoms with van der Waals surface area (Å²) in [6, 6.07) is 3.15. The maximum atomic E-state index is 12.1. The fourth-order valence-electron chi connectivity index (χ4n) is 1.38. The van der Waals surface area contributed by atoms with Crippen molar-refractivity contribution in [3.8, 4) is 5.75 Å². The molecular weight excluding hydrogens is 337 g/mol. The number of hydrogen-bond acceptors (Lipinski definition) is 8.